The Morgan fingerprint density at radius 2 is 2.19 bits per heavy atom. The van der Waals surface area contributed by atoms with Gasteiger partial charge in [0.2, 0.25) is 5.88 Å². The Kier molecular flexibility index (Phi) is 4.53. The zero-order chi connectivity index (χ0) is 18.1. The summed E-state index contributed by atoms with van der Waals surface area (Å²) in [7, 11) is 0. The lowest BCUT2D eigenvalue weighted by molar-refractivity contribution is -0.124. The van der Waals surface area contributed by atoms with Crippen LogP contribution in [0.25, 0.3) is 10.2 Å². The number of carbonyl (C=O) groups is 1. The molecular weight excluding hydrogens is 348 g/mol. The summed E-state index contributed by atoms with van der Waals surface area (Å²) < 4.78 is 5.77. The number of thiophene rings is 1. The maximum absolute atomic E-state index is 12.3. The first-order chi connectivity index (χ1) is 12.6. The fourth-order valence-electron chi connectivity index (χ4n) is 3.69. The van der Waals surface area contributed by atoms with Gasteiger partial charge in [0.1, 0.15) is 16.7 Å². The van der Waals surface area contributed by atoms with Crippen molar-refractivity contribution in [2.24, 2.45) is 5.92 Å². The maximum Gasteiger partial charge on any atom is 0.259 e. The predicted octanol–water partition coefficient (Wildman–Crippen LogP) is 3.15. The van der Waals surface area contributed by atoms with Crippen LogP contribution in [-0.4, -0.2) is 28.0 Å². The van der Waals surface area contributed by atoms with E-state index in [0.29, 0.717) is 5.88 Å². The second-order valence-corrected chi connectivity index (χ2v) is 8.43. The SMILES string of the molecule is CC(C#N)(NC(=O)COc1ncnc2sc3c(c12)CCCCC3)C1CC1. The summed E-state index contributed by atoms with van der Waals surface area (Å²) in [6.45, 7) is 1.64. The molecule has 1 atom stereocenters. The van der Waals surface area contributed by atoms with Gasteiger partial charge in [0, 0.05) is 4.88 Å². The average molecular weight is 370 g/mol. The van der Waals surface area contributed by atoms with E-state index in [1.54, 1.807) is 18.3 Å². The highest BCUT2D eigenvalue weighted by atomic mass is 32.1. The van der Waals surface area contributed by atoms with Gasteiger partial charge in [-0.2, -0.15) is 5.26 Å². The van der Waals surface area contributed by atoms with Crippen molar-refractivity contribution in [3.8, 4) is 11.9 Å². The molecule has 0 bridgehead atoms. The van der Waals surface area contributed by atoms with E-state index in [9.17, 15) is 10.1 Å². The molecule has 1 saturated carbocycles. The molecule has 1 N–H and O–H groups in total. The fourth-order valence-corrected chi connectivity index (χ4v) is 4.91. The van der Waals surface area contributed by atoms with Gasteiger partial charge >= 0.3 is 0 Å². The molecule has 4 rings (SSSR count). The number of ether oxygens (including phenoxy) is 1. The van der Waals surface area contributed by atoms with Crippen LogP contribution in [0.15, 0.2) is 6.33 Å². The van der Waals surface area contributed by atoms with Gasteiger partial charge in [-0.05, 0) is 56.9 Å². The van der Waals surface area contributed by atoms with Crippen molar-refractivity contribution in [2.45, 2.75) is 57.4 Å². The van der Waals surface area contributed by atoms with E-state index in [0.717, 1.165) is 42.3 Å². The van der Waals surface area contributed by atoms with Gasteiger partial charge in [-0.15, -0.1) is 11.3 Å². The van der Waals surface area contributed by atoms with Crippen LogP contribution in [0.5, 0.6) is 5.88 Å². The van der Waals surface area contributed by atoms with E-state index in [4.69, 9.17) is 4.74 Å². The lowest BCUT2D eigenvalue weighted by Crippen LogP contribution is -2.48. The number of hydrogen-bond acceptors (Lipinski definition) is 6. The third-order valence-corrected chi connectivity index (χ3v) is 6.53. The second kappa shape index (κ2) is 6.84. The van der Waals surface area contributed by atoms with Gasteiger partial charge in [-0.25, -0.2) is 9.97 Å². The van der Waals surface area contributed by atoms with E-state index in [-0.39, 0.29) is 18.4 Å². The van der Waals surface area contributed by atoms with Gasteiger partial charge in [-0.1, -0.05) is 6.42 Å². The first-order valence-corrected chi connectivity index (χ1v) is 10.0. The number of nitriles is 1. The molecule has 2 heterocycles. The lowest BCUT2D eigenvalue weighted by Gasteiger charge is -2.22. The topological polar surface area (TPSA) is 87.9 Å². The molecule has 0 aromatic carbocycles. The zero-order valence-electron chi connectivity index (χ0n) is 14.9. The highest BCUT2D eigenvalue weighted by Gasteiger charge is 2.43. The summed E-state index contributed by atoms with van der Waals surface area (Å²) in [4.78, 5) is 23.3. The maximum atomic E-state index is 12.3. The van der Waals surface area contributed by atoms with E-state index in [2.05, 4.69) is 21.4 Å². The van der Waals surface area contributed by atoms with Crippen LogP contribution in [-0.2, 0) is 17.6 Å². The molecule has 0 radical (unpaired) electrons. The molecule has 1 amide bonds. The van der Waals surface area contributed by atoms with E-state index >= 15 is 0 Å². The molecule has 2 aliphatic rings. The fraction of sp³-hybridized carbons (Fsp3) is 0.579. The van der Waals surface area contributed by atoms with Crippen LogP contribution in [0, 0.1) is 17.2 Å². The number of rotatable bonds is 5. The number of nitrogens with one attached hydrogen (secondary N) is 1. The molecule has 0 saturated heterocycles. The lowest BCUT2D eigenvalue weighted by atomic mass is 9.98. The van der Waals surface area contributed by atoms with Gasteiger partial charge in [0.05, 0.1) is 11.5 Å². The molecule has 2 aromatic rings. The van der Waals surface area contributed by atoms with Crippen LogP contribution >= 0.6 is 11.3 Å². The monoisotopic (exact) mass is 370 g/mol. The highest BCUT2D eigenvalue weighted by Crippen LogP contribution is 2.40. The summed E-state index contributed by atoms with van der Waals surface area (Å²) in [6.07, 6.45) is 9.17. The van der Waals surface area contributed by atoms with Gasteiger partial charge in [-0.3, -0.25) is 4.79 Å². The summed E-state index contributed by atoms with van der Waals surface area (Å²) in [5.41, 5.74) is 0.485. The van der Waals surface area contributed by atoms with Crippen LogP contribution in [0.3, 0.4) is 0 Å². The number of amides is 1. The minimum Gasteiger partial charge on any atom is -0.467 e. The van der Waals surface area contributed by atoms with Gasteiger partial charge < -0.3 is 10.1 Å². The van der Waals surface area contributed by atoms with Crippen LogP contribution < -0.4 is 10.1 Å². The molecule has 2 aromatic heterocycles. The summed E-state index contributed by atoms with van der Waals surface area (Å²) in [6, 6.07) is 2.23. The Labute approximate surface area is 156 Å². The molecule has 7 heteroatoms. The first kappa shape index (κ1) is 17.2. The molecule has 26 heavy (non-hydrogen) atoms. The van der Waals surface area contributed by atoms with Crippen LogP contribution in [0.2, 0.25) is 0 Å². The third kappa shape index (κ3) is 3.26. The standard InChI is InChI=1S/C19H22N4O2S/c1-19(10-20,12-7-8-12)23-15(24)9-25-17-16-13-5-3-2-4-6-14(13)26-18(16)22-11-21-17/h11-12H,2-9H2,1H3,(H,23,24). The molecular formula is C19H22N4O2S. The van der Waals surface area contributed by atoms with E-state index in [1.165, 1.54) is 29.6 Å². The van der Waals surface area contributed by atoms with Crippen molar-refractivity contribution in [3.63, 3.8) is 0 Å². The molecule has 1 fully saturated rings. The Morgan fingerprint density at radius 1 is 1.38 bits per heavy atom. The number of fused-ring (bicyclic) bond motifs is 3. The molecule has 2 aliphatic carbocycles. The minimum absolute atomic E-state index is 0.138. The molecule has 0 aliphatic heterocycles. The van der Waals surface area contributed by atoms with E-state index < -0.39 is 5.54 Å². The number of aromatic nitrogens is 2. The average Bonchev–Trinajstić information content (AvgIpc) is 3.46. The van der Waals surface area contributed by atoms with Gasteiger partial charge in [0.25, 0.3) is 5.91 Å². The first-order valence-electron chi connectivity index (χ1n) is 9.21. The number of hydrogen-bond donors (Lipinski definition) is 1. The highest BCUT2D eigenvalue weighted by molar-refractivity contribution is 7.18. The third-order valence-electron chi connectivity index (χ3n) is 5.33. The van der Waals surface area contributed by atoms with Crippen molar-refractivity contribution in [3.05, 3.63) is 16.8 Å². The largest absolute Gasteiger partial charge is 0.467 e. The van der Waals surface area contributed by atoms with Crippen molar-refractivity contribution in [1.82, 2.24) is 15.3 Å². The Balaban J connectivity index is 1.51. The van der Waals surface area contributed by atoms with Crippen LogP contribution in [0.4, 0.5) is 0 Å². The number of nitrogens with zero attached hydrogens (tertiary/aromatic N) is 3. The van der Waals surface area contributed by atoms with Crippen molar-refractivity contribution < 1.29 is 9.53 Å². The predicted molar refractivity (Wildman–Crippen MR) is 99.1 cm³/mol. The summed E-state index contributed by atoms with van der Waals surface area (Å²) in [5, 5.41) is 13.2. The summed E-state index contributed by atoms with van der Waals surface area (Å²) in [5.74, 6) is 0.443. The smallest absolute Gasteiger partial charge is 0.259 e. The Hall–Kier alpha value is -2.20. The van der Waals surface area contributed by atoms with Crippen molar-refractivity contribution in [2.75, 3.05) is 6.61 Å². The molecule has 1 unspecified atom stereocenters. The van der Waals surface area contributed by atoms with Crippen molar-refractivity contribution >= 4 is 27.5 Å². The zero-order valence-corrected chi connectivity index (χ0v) is 15.7. The van der Waals surface area contributed by atoms with Crippen molar-refractivity contribution in [1.29, 1.82) is 5.26 Å². The quantitative estimate of drug-likeness (QED) is 0.817. The van der Waals surface area contributed by atoms with Gasteiger partial charge in [0.15, 0.2) is 6.61 Å². The second-order valence-electron chi connectivity index (χ2n) is 7.35. The number of carbonyl (C=O) groups excluding carboxylic acids is 1. The minimum atomic E-state index is -0.805. The normalized spacial score (nSPS) is 19.1. The molecule has 136 valence electrons. The van der Waals surface area contributed by atoms with E-state index in [1.807, 2.05) is 0 Å². The Morgan fingerprint density at radius 3 is 2.96 bits per heavy atom. The molecule has 0 spiro atoms. The Bertz CT molecular complexity index is 884. The number of aryl methyl sites for hydroxylation is 2. The molecule has 6 nitrogen and oxygen atoms in total. The summed E-state index contributed by atoms with van der Waals surface area (Å²) >= 11 is 1.71. The van der Waals surface area contributed by atoms with Crippen LogP contribution in [0.1, 0.15) is 49.5 Å².